The highest BCUT2D eigenvalue weighted by Gasteiger charge is 2.13. The zero-order valence-corrected chi connectivity index (χ0v) is 12.2. The molecule has 1 rings (SSSR count). The normalized spacial score (nSPS) is 12.9. The van der Waals surface area contributed by atoms with E-state index in [-0.39, 0.29) is 6.10 Å². The van der Waals surface area contributed by atoms with Crippen molar-refractivity contribution in [2.45, 2.75) is 39.7 Å². The van der Waals surface area contributed by atoms with Crippen molar-refractivity contribution in [1.29, 1.82) is 0 Å². The van der Waals surface area contributed by atoms with Gasteiger partial charge in [-0.15, -0.1) is 0 Å². The molecule has 1 atom stereocenters. The summed E-state index contributed by atoms with van der Waals surface area (Å²) in [6, 6.07) is 8.64. The SMILES string of the molecule is CCC(CC)COC(CNC)c1ccc(C)cc1. The summed E-state index contributed by atoms with van der Waals surface area (Å²) < 4.78 is 6.09. The maximum absolute atomic E-state index is 6.09. The molecule has 2 heteroatoms. The minimum Gasteiger partial charge on any atom is -0.372 e. The van der Waals surface area contributed by atoms with Crippen molar-refractivity contribution in [1.82, 2.24) is 5.32 Å². The Hall–Kier alpha value is -0.860. The second-order valence-electron chi connectivity index (χ2n) is 4.97. The van der Waals surface area contributed by atoms with Crippen LogP contribution < -0.4 is 5.32 Å². The molecule has 0 amide bonds. The van der Waals surface area contributed by atoms with Crippen molar-refractivity contribution in [3.05, 3.63) is 35.4 Å². The van der Waals surface area contributed by atoms with Crippen molar-refractivity contribution in [2.75, 3.05) is 20.2 Å². The third-order valence-corrected chi connectivity index (χ3v) is 3.53. The molecule has 0 radical (unpaired) electrons. The van der Waals surface area contributed by atoms with Crippen LogP contribution in [-0.4, -0.2) is 20.2 Å². The number of nitrogens with one attached hydrogen (secondary N) is 1. The van der Waals surface area contributed by atoms with Gasteiger partial charge in [0, 0.05) is 6.54 Å². The van der Waals surface area contributed by atoms with E-state index in [1.54, 1.807) is 0 Å². The van der Waals surface area contributed by atoms with Gasteiger partial charge < -0.3 is 10.1 Å². The van der Waals surface area contributed by atoms with E-state index in [1.807, 2.05) is 7.05 Å². The van der Waals surface area contributed by atoms with Gasteiger partial charge in [-0.3, -0.25) is 0 Å². The summed E-state index contributed by atoms with van der Waals surface area (Å²) in [5, 5.41) is 3.22. The van der Waals surface area contributed by atoms with E-state index in [2.05, 4.69) is 50.4 Å². The van der Waals surface area contributed by atoms with Gasteiger partial charge >= 0.3 is 0 Å². The fraction of sp³-hybridized carbons (Fsp3) is 0.625. The molecule has 18 heavy (non-hydrogen) atoms. The van der Waals surface area contributed by atoms with Gasteiger partial charge in [0.25, 0.3) is 0 Å². The van der Waals surface area contributed by atoms with Crippen LogP contribution in [0, 0.1) is 12.8 Å². The summed E-state index contributed by atoms with van der Waals surface area (Å²) in [5.41, 5.74) is 2.56. The van der Waals surface area contributed by atoms with Crippen molar-refractivity contribution < 1.29 is 4.74 Å². The Morgan fingerprint density at radius 2 is 1.72 bits per heavy atom. The Bertz CT molecular complexity index is 316. The molecule has 0 aromatic heterocycles. The second-order valence-corrected chi connectivity index (χ2v) is 4.97. The van der Waals surface area contributed by atoms with E-state index >= 15 is 0 Å². The summed E-state index contributed by atoms with van der Waals surface area (Å²) in [4.78, 5) is 0. The number of ether oxygens (including phenoxy) is 1. The summed E-state index contributed by atoms with van der Waals surface area (Å²) in [5.74, 6) is 0.676. The predicted octanol–water partition coefficient (Wildman–Crippen LogP) is 3.71. The molecule has 0 aliphatic heterocycles. The third kappa shape index (κ3) is 4.79. The topological polar surface area (TPSA) is 21.3 Å². The monoisotopic (exact) mass is 249 g/mol. The van der Waals surface area contributed by atoms with Gasteiger partial charge in [0.1, 0.15) is 0 Å². The lowest BCUT2D eigenvalue weighted by atomic mass is 10.0. The maximum atomic E-state index is 6.09. The molecule has 1 unspecified atom stereocenters. The predicted molar refractivity (Wildman–Crippen MR) is 77.9 cm³/mol. The van der Waals surface area contributed by atoms with Crippen LogP contribution in [0.4, 0.5) is 0 Å². The Labute approximate surface area is 112 Å². The summed E-state index contributed by atoms with van der Waals surface area (Å²) in [7, 11) is 1.97. The fourth-order valence-corrected chi connectivity index (χ4v) is 2.02. The summed E-state index contributed by atoms with van der Waals surface area (Å²) in [6.45, 7) is 8.30. The summed E-state index contributed by atoms with van der Waals surface area (Å²) in [6.07, 6.45) is 2.55. The molecule has 1 aromatic rings. The number of rotatable bonds is 8. The first-order valence-electron chi connectivity index (χ1n) is 7.04. The quantitative estimate of drug-likeness (QED) is 0.758. The molecular weight excluding hydrogens is 222 g/mol. The minimum absolute atomic E-state index is 0.163. The second kappa shape index (κ2) is 8.28. The van der Waals surface area contributed by atoms with Gasteiger partial charge in [-0.05, 0) is 25.5 Å². The molecule has 0 aliphatic rings. The van der Waals surface area contributed by atoms with Crippen LogP contribution in [0.15, 0.2) is 24.3 Å². The van der Waals surface area contributed by atoms with E-state index in [4.69, 9.17) is 4.74 Å². The zero-order valence-electron chi connectivity index (χ0n) is 12.2. The molecule has 0 bridgehead atoms. The molecule has 0 saturated carbocycles. The van der Waals surface area contributed by atoms with Crippen molar-refractivity contribution in [3.63, 3.8) is 0 Å². The smallest absolute Gasteiger partial charge is 0.0949 e. The van der Waals surface area contributed by atoms with E-state index in [1.165, 1.54) is 24.0 Å². The van der Waals surface area contributed by atoms with Crippen molar-refractivity contribution >= 4 is 0 Å². The molecule has 102 valence electrons. The van der Waals surface area contributed by atoms with Gasteiger partial charge in [-0.1, -0.05) is 56.5 Å². The first-order valence-corrected chi connectivity index (χ1v) is 7.04. The van der Waals surface area contributed by atoms with E-state index in [0.717, 1.165) is 13.2 Å². The molecule has 0 saturated heterocycles. The van der Waals surface area contributed by atoms with Crippen LogP contribution in [0.2, 0.25) is 0 Å². The molecule has 1 aromatic carbocycles. The van der Waals surface area contributed by atoms with Crippen LogP contribution >= 0.6 is 0 Å². The highest BCUT2D eigenvalue weighted by atomic mass is 16.5. The molecule has 2 nitrogen and oxygen atoms in total. The summed E-state index contributed by atoms with van der Waals surface area (Å²) >= 11 is 0. The molecular formula is C16H27NO. The highest BCUT2D eigenvalue weighted by Crippen LogP contribution is 2.20. The number of aryl methyl sites for hydroxylation is 1. The van der Waals surface area contributed by atoms with Gasteiger partial charge in [-0.2, -0.15) is 0 Å². The fourth-order valence-electron chi connectivity index (χ4n) is 2.02. The number of hydrogen-bond acceptors (Lipinski definition) is 2. The van der Waals surface area contributed by atoms with E-state index < -0.39 is 0 Å². The van der Waals surface area contributed by atoms with Crippen molar-refractivity contribution in [3.8, 4) is 0 Å². The maximum Gasteiger partial charge on any atom is 0.0949 e. The van der Waals surface area contributed by atoms with Crippen LogP contribution in [0.25, 0.3) is 0 Å². The van der Waals surface area contributed by atoms with Gasteiger partial charge in [0.05, 0.1) is 12.7 Å². The average Bonchev–Trinajstić information content (AvgIpc) is 2.39. The Kier molecular flexibility index (Phi) is 6.99. The van der Waals surface area contributed by atoms with Gasteiger partial charge in [-0.25, -0.2) is 0 Å². The largest absolute Gasteiger partial charge is 0.372 e. The minimum atomic E-state index is 0.163. The Morgan fingerprint density at radius 3 is 2.22 bits per heavy atom. The highest BCUT2D eigenvalue weighted by molar-refractivity contribution is 5.23. The lowest BCUT2D eigenvalue weighted by Crippen LogP contribution is -2.22. The Morgan fingerprint density at radius 1 is 1.11 bits per heavy atom. The van der Waals surface area contributed by atoms with Crippen LogP contribution in [-0.2, 0) is 4.74 Å². The van der Waals surface area contributed by atoms with Crippen LogP contribution in [0.3, 0.4) is 0 Å². The zero-order chi connectivity index (χ0) is 13.4. The number of hydrogen-bond donors (Lipinski definition) is 1. The van der Waals surface area contributed by atoms with Crippen LogP contribution in [0.5, 0.6) is 0 Å². The van der Waals surface area contributed by atoms with E-state index in [0.29, 0.717) is 5.92 Å². The number of benzene rings is 1. The van der Waals surface area contributed by atoms with Gasteiger partial charge in [0.15, 0.2) is 0 Å². The van der Waals surface area contributed by atoms with Crippen molar-refractivity contribution in [2.24, 2.45) is 5.92 Å². The molecule has 1 N–H and O–H groups in total. The molecule has 0 fully saturated rings. The first kappa shape index (κ1) is 15.2. The molecule has 0 aliphatic carbocycles. The average molecular weight is 249 g/mol. The van der Waals surface area contributed by atoms with Crippen LogP contribution in [0.1, 0.15) is 43.9 Å². The lowest BCUT2D eigenvalue weighted by Gasteiger charge is -2.21. The standard InChI is InChI=1S/C16H27NO/c1-5-14(6-2)12-18-16(11-17-4)15-9-7-13(3)8-10-15/h7-10,14,16-17H,5-6,11-12H2,1-4H3. The van der Waals surface area contributed by atoms with E-state index in [9.17, 15) is 0 Å². The first-order chi connectivity index (χ1) is 8.71. The molecule has 0 spiro atoms. The molecule has 0 heterocycles. The Balaban J connectivity index is 2.61. The lowest BCUT2D eigenvalue weighted by molar-refractivity contribution is 0.0275. The van der Waals surface area contributed by atoms with Gasteiger partial charge in [0.2, 0.25) is 0 Å². The number of likely N-dealkylation sites (N-methyl/N-ethyl adjacent to an activating group) is 1. The third-order valence-electron chi connectivity index (χ3n) is 3.53.